The van der Waals surface area contributed by atoms with E-state index in [1.165, 1.54) is 42.4 Å². The summed E-state index contributed by atoms with van der Waals surface area (Å²) in [6.45, 7) is 1.54. The molecule has 25 heavy (non-hydrogen) atoms. The molecule has 4 rings (SSSR count). The number of thiophene rings is 1. The minimum Gasteiger partial charge on any atom is -0.350 e. The van der Waals surface area contributed by atoms with Crippen LogP contribution in [0.4, 0.5) is 0 Å². The first-order chi connectivity index (χ1) is 12.3. The molecule has 130 valence electrons. The van der Waals surface area contributed by atoms with E-state index in [0.717, 1.165) is 24.3 Å². The number of amides is 1. The van der Waals surface area contributed by atoms with E-state index in [4.69, 9.17) is 0 Å². The van der Waals surface area contributed by atoms with Crippen molar-refractivity contribution >= 4 is 27.5 Å². The van der Waals surface area contributed by atoms with Gasteiger partial charge in [-0.3, -0.25) is 4.79 Å². The van der Waals surface area contributed by atoms with Crippen molar-refractivity contribution in [3.8, 4) is 0 Å². The fourth-order valence-electron chi connectivity index (χ4n) is 3.82. The Morgan fingerprint density at radius 1 is 1.12 bits per heavy atom. The zero-order valence-corrected chi connectivity index (χ0v) is 15.2. The molecule has 2 heterocycles. The fraction of sp³-hybridized carbons (Fsp3) is 0.381. The van der Waals surface area contributed by atoms with E-state index >= 15 is 0 Å². The highest BCUT2D eigenvalue weighted by Crippen LogP contribution is 2.27. The molecule has 1 saturated carbocycles. The van der Waals surface area contributed by atoms with Crippen molar-refractivity contribution in [1.82, 2.24) is 9.88 Å². The second kappa shape index (κ2) is 7.44. The van der Waals surface area contributed by atoms with Crippen molar-refractivity contribution in [3.05, 3.63) is 59.1 Å². The lowest BCUT2D eigenvalue weighted by Gasteiger charge is -2.22. The number of carbonyl (C=O) groups excluding carboxylic acids is 1. The van der Waals surface area contributed by atoms with Crippen molar-refractivity contribution in [2.75, 3.05) is 6.54 Å². The van der Waals surface area contributed by atoms with Gasteiger partial charge in [0.2, 0.25) is 0 Å². The molecule has 0 radical (unpaired) electrons. The Kier molecular flexibility index (Phi) is 4.88. The summed E-state index contributed by atoms with van der Waals surface area (Å²) in [6, 6.07) is 14.5. The Hall–Kier alpha value is -2.07. The van der Waals surface area contributed by atoms with Gasteiger partial charge >= 0.3 is 0 Å². The quantitative estimate of drug-likeness (QED) is 0.684. The summed E-state index contributed by atoms with van der Waals surface area (Å²) < 4.78 is 3.33. The van der Waals surface area contributed by atoms with Gasteiger partial charge in [0.25, 0.3) is 5.91 Å². The molecule has 3 aromatic rings. The number of fused-ring (bicyclic) bond motifs is 1. The lowest BCUT2D eigenvalue weighted by molar-refractivity contribution is 0.0935. The summed E-state index contributed by atoms with van der Waals surface area (Å²) in [5.74, 6) is 0.709. The van der Waals surface area contributed by atoms with Gasteiger partial charge in [-0.2, -0.15) is 0 Å². The molecule has 1 aliphatic carbocycles. The SMILES string of the molecule is O=C(NCC1CCCCC1)c1cc2sccc2n1Cc1ccccc1. The number of benzene rings is 1. The molecule has 1 aliphatic rings. The molecule has 4 heteroatoms. The van der Waals surface area contributed by atoms with Crippen LogP contribution in [0.15, 0.2) is 47.8 Å². The number of aromatic nitrogens is 1. The third-order valence-corrected chi connectivity index (χ3v) is 6.07. The minimum atomic E-state index is 0.0601. The van der Waals surface area contributed by atoms with Crippen LogP contribution in [0.2, 0.25) is 0 Å². The van der Waals surface area contributed by atoms with Crippen LogP contribution in [0, 0.1) is 5.92 Å². The highest BCUT2D eigenvalue weighted by atomic mass is 32.1. The third kappa shape index (κ3) is 3.64. The van der Waals surface area contributed by atoms with E-state index in [0.29, 0.717) is 5.92 Å². The molecule has 0 spiro atoms. The number of rotatable bonds is 5. The summed E-state index contributed by atoms with van der Waals surface area (Å²) in [6.07, 6.45) is 6.46. The van der Waals surface area contributed by atoms with Crippen molar-refractivity contribution in [3.63, 3.8) is 0 Å². The van der Waals surface area contributed by atoms with E-state index in [2.05, 4.69) is 33.5 Å². The molecule has 1 amide bonds. The van der Waals surface area contributed by atoms with Crippen molar-refractivity contribution in [1.29, 1.82) is 0 Å². The molecule has 1 N–H and O–H groups in total. The Balaban J connectivity index is 1.54. The van der Waals surface area contributed by atoms with E-state index in [1.807, 2.05) is 24.3 Å². The second-order valence-corrected chi connectivity index (χ2v) is 7.93. The van der Waals surface area contributed by atoms with Gasteiger partial charge in [0, 0.05) is 13.1 Å². The summed E-state index contributed by atoms with van der Waals surface area (Å²) in [5.41, 5.74) is 3.14. The van der Waals surface area contributed by atoms with Crippen LogP contribution in [0.25, 0.3) is 10.2 Å². The maximum absolute atomic E-state index is 12.8. The van der Waals surface area contributed by atoms with Crippen LogP contribution in [0.5, 0.6) is 0 Å². The standard InChI is InChI=1S/C21H24N2OS/c24-21(22-14-16-7-3-1-4-8-16)19-13-20-18(11-12-25-20)23(19)15-17-9-5-2-6-10-17/h2,5-6,9-13,16H,1,3-4,7-8,14-15H2,(H,22,24). The van der Waals surface area contributed by atoms with Crippen LogP contribution >= 0.6 is 11.3 Å². The zero-order valence-electron chi connectivity index (χ0n) is 14.4. The Labute approximate surface area is 152 Å². The maximum Gasteiger partial charge on any atom is 0.267 e. The minimum absolute atomic E-state index is 0.0601. The summed E-state index contributed by atoms with van der Waals surface area (Å²) in [7, 11) is 0. The summed E-state index contributed by atoms with van der Waals surface area (Å²) in [5, 5.41) is 5.28. The van der Waals surface area contributed by atoms with Crippen LogP contribution in [0.1, 0.15) is 48.2 Å². The summed E-state index contributed by atoms with van der Waals surface area (Å²) >= 11 is 1.70. The predicted molar refractivity (Wildman–Crippen MR) is 104 cm³/mol. The number of hydrogen-bond acceptors (Lipinski definition) is 2. The molecule has 1 aromatic carbocycles. The number of nitrogens with zero attached hydrogens (tertiary/aromatic N) is 1. The smallest absolute Gasteiger partial charge is 0.267 e. The van der Waals surface area contributed by atoms with Crippen molar-refractivity contribution < 1.29 is 4.79 Å². The molecular weight excluding hydrogens is 328 g/mol. The van der Waals surface area contributed by atoms with E-state index in [9.17, 15) is 4.79 Å². The monoisotopic (exact) mass is 352 g/mol. The molecule has 0 saturated heterocycles. The van der Waals surface area contributed by atoms with Gasteiger partial charge in [-0.25, -0.2) is 0 Å². The highest BCUT2D eigenvalue weighted by Gasteiger charge is 2.19. The molecular formula is C21H24N2OS. The molecule has 2 aromatic heterocycles. The van der Waals surface area contributed by atoms with Gasteiger partial charge in [-0.05, 0) is 41.8 Å². The predicted octanol–water partition coefficient (Wildman–Crippen LogP) is 5.06. The molecule has 3 nitrogen and oxygen atoms in total. The Morgan fingerprint density at radius 2 is 1.92 bits per heavy atom. The molecule has 1 fully saturated rings. The van der Waals surface area contributed by atoms with Gasteiger partial charge in [0.05, 0.1) is 10.2 Å². The third-order valence-electron chi connectivity index (χ3n) is 5.21. The fourth-order valence-corrected chi connectivity index (χ4v) is 4.64. The zero-order chi connectivity index (χ0) is 17.1. The second-order valence-electron chi connectivity index (χ2n) is 6.99. The van der Waals surface area contributed by atoms with Crippen molar-refractivity contribution in [2.45, 2.75) is 38.6 Å². The van der Waals surface area contributed by atoms with E-state index < -0.39 is 0 Å². The van der Waals surface area contributed by atoms with Gasteiger partial charge in [-0.1, -0.05) is 49.6 Å². The average Bonchev–Trinajstić information content (AvgIpc) is 3.24. The first-order valence-electron chi connectivity index (χ1n) is 9.20. The van der Waals surface area contributed by atoms with Crippen LogP contribution in [0.3, 0.4) is 0 Å². The highest BCUT2D eigenvalue weighted by molar-refractivity contribution is 7.17. The Morgan fingerprint density at radius 3 is 2.72 bits per heavy atom. The topological polar surface area (TPSA) is 34.0 Å². The number of nitrogens with one attached hydrogen (secondary N) is 1. The van der Waals surface area contributed by atoms with Gasteiger partial charge in [0.15, 0.2) is 0 Å². The first-order valence-corrected chi connectivity index (χ1v) is 10.1. The Bertz CT molecular complexity index is 843. The molecule has 0 atom stereocenters. The average molecular weight is 353 g/mol. The van der Waals surface area contributed by atoms with E-state index in [1.54, 1.807) is 11.3 Å². The lowest BCUT2D eigenvalue weighted by Crippen LogP contribution is -2.31. The number of carbonyl (C=O) groups is 1. The van der Waals surface area contributed by atoms with Crippen LogP contribution in [-0.4, -0.2) is 17.0 Å². The summed E-state index contributed by atoms with van der Waals surface area (Å²) in [4.78, 5) is 12.8. The van der Waals surface area contributed by atoms with Crippen molar-refractivity contribution in [2.24, 2.45) is 5.92 Å². The lowest BCUT2D eigenvalue weighted by atomic mass is 9.89. The van der Waals surface area contributed by atoms with Crippen LogP contribution in [-0.2, 0) is 6.54 Å². The maximum atomic E-state index is 12.8. The van der Waals surface area contributed by atoms with Gasteiger partial charge < -0.3 is 9.88 Å². The largest absolute Gasteiger partial charge is 0.350 e. The number of hydrogen-bond donors (Lipinski definition) is 1. The first kappa shape index (κ1) is 16.4. The molecule has 0 aliphatic heterocycles. The van der Waals surface area contributed by atoms with Gasteiger partial charge in [0.1, 0.15) is 5.69 Å². The molecule has 0 bridgehead atoms. The van der Waals surface area contributed by atoms with Crippen LogP contribution < -0.4 is 5.32 Å². The van der Waals surface area contributed by atoms with Gasteiger partial charge in [-0.15, -0.1) is 11.3 Å². The molecule has 0 unspecified atom stereocenters. The van der Waals surface area contributed by atoms with E-state index in [-0.39, 0.29) is 5.91 Å². The normalized spacial score (nSPS) is 15.5.